The highest BCUT2D eigenvalue weighted by atomic mass is 32.1. The van der Waals surface area contributed by atoms with Crippen LogP contribution >= 0.6 is 11.3 Å². The largest absolute Gasteiger partial charge is 0.508 e. The van der Waals surface area contributed by atoms with Crippen LogP contribution < -0.4 is 14.4 Å². The Balaban J connectivity index is 1.09. The van der Waals surface area contributed by atoms with Gasteiger partial charge in [0.05, 0.1) is 22.3 Å². The molecule has 0 saturated carbocycles. The summed E-state index contributed by atoms with van der Waals surface area (Å²) in [6.07, 6.45) is 2.61. The molecule has 1 N–H and O–H groups in total. The number of piperazine rings is 1. The Morgan fingerprint density at radius 1 is 0.807 bits per heavy atom. The number of phenols is 1. The fraction of sp³-hybridized carbons (Fsp3) is 0.217. The molecule has 3 aliphatic rings. The molecule has 2 aromatic heterocycles. The maximum absolute atomic E-state index is 15.3. The van der Waals surface area contributed by atoms with Gasteiger partial charge < -0.3 is 28.9 Å². The third-order valence-corrected chi connectivity index (χ3v) is 12.5. The Kier molecular flexibility index (Phi) is 8.93. The van der Waals surface area contributed by atoms with Gasteiger partial charge in [-0.2, -0.15) is 0 Å². The molecular weight excluding hydrogens is 735 g/mol. The first-order chi connectivity index (χ1) is 27.9. The molecule has 2 amide bonds. The second kappa shape index (κ2) is 14.4. The van der Waals surface area contributed by atoms with Gasteiger partial charge in [0.15, 0.2) is 11.5 Å². The molecule has 0 bridgehead atoms. The van der Waals surface area contributed by atoms with Crippen molar-refractivity contribution in [1.82, 2.24) is 19.3 Å². The molecule has 0 aliphatic carbocycles. The number of ether oxygens (including phenoxy) is 2. The van der Waals surface area contributed by atoms with Gasteiger partial charge in [-0.15, -0.1) is 11.3 Å². The topological polar surface area (TPSA) is 90.7 Å². The summed E-state index contributed by atoms with van der Waals surface area (Å²) >= 11 is 1.65. The number of carbonyl (C=O) groups excluding carboxylic acids is 2. The lowest BCUT2D eigenvalue weighted by Crippen LogP contribution is -2.53. The van der Waals surface area contributed by atoms with Gasteiger partial charge in [0, 0.05) is 79.0 Å². The van der Waals surface area contributed by atoms with Crippen LogP contribution in [0.5, 0.6) is 17.2 Å². The summed E-state index contributed by atoms with van der Waals surface area (Å²) in [5, 5.41) is 14.0. The van der Waals surface area contributed by atoms with Crippen LogP contribution in [0, 0.1) is 0 Å². The van der Waals surface area contributed by atoms with E-state index in [1.54, 1.807) is 40.5 Å². The van der Waals surface area contributed by atoms with Crippen molar-refractivity contribution < 1.29 is 24.2 Å². The van der Waals surface area contributed by atoms with E-state index in [1.807, 2.05) is 87.8 Å². The number of carbonyl (C=O) groups is 2. The van der Waals surface area contributed by atoms with Gasteiger partial charge in [-0.05, 0) is 96.0 Å². The smallest absolute Gasteiger partial charge is 0.265 e. The van der Waals surface area contributed by atoms with Crippen molar-refractivity contribution in [2.75, 3.05) is 51.5 Å². The second-order valence-corrected chi connectivity index (χ2v) is 16.1. The minimum Gasteiger partial charge on any atom is -0.508 e. The van der Waals surface area contributed by atoms with E-state index in [2.05, 4.69) is 35.0 Å². The summed E-state index contributed by atoms with van der Waals surface area (Å²) in [6.45, 7) is 5.25. The molecule has 3 aliphatic heterocycles. The number of rotatable bonds is 7. The highest BCUT2D eigenvalue weighted by Gasteiger charge is 2.35. The normalized spacial score (nSPS) is 16.9. The summed E-state index contributed by atoms with van der Waals surface area (Å²) in [6, 6.07) is 34.5. The van der Waals surface area contributed by atoms with Crippen molar-refractivity contribution in [3.05, 3.63) is 143 Å². The van der Waals surface area contributed by atoms with Gasteiger partial charge in [-0.3, -0.25) is 19.4 Å². The summed E-state index contributed by atoms with van der Waals surface area (Å²) in [4.78, 5) is 38.9. The maximum atomic E-state index is 15.3. The molecule has 10 nitrogen and oxygen atoms in total. The van der Waals surface area contributed by atoms with E-state index in [-0.39, 0.29) is 30.4 Å². The summed E-state index contributed by atoms with van der Waals surface area (Å²) < 4.78 is 14.9. The minimum atomic E-state index is -0.251. The molecular formula is C46H41N5O5S. The number of fused-ring (bicyclic) bond motifs is 4. The van der Waals surface area contributed by atoms with Crippen molar-refractivity contribution in [2.45, 2.75) is 19.0 Å². The molecule has 286 valence electrons. The van der Waals surface area contributed by atoms with Gasteiger partial charge in [0.1, 0.15) is 5.75 Å². The molecule has 0 radical (unpaired) electrons. The predicted molar refractivity (Wildman–Crippen MR) is 224 cm³/mol. The van der Waals surface area contributed by atoms with Gasteiger partial charge in [0.25, 0.3) is 11.8 Å². The van der Waals surface area contributed by atoms with Gasteiger partial charge in [-0.25, -0.2) is 0 Å². The number of phenolic OH excluding ortho intramolecular Hbond substituents is 1. The number of aromatic nitrogens is 1. The summed E-state index contributed by atoms with van der Waals surface area (Å²) in [7, 11) is 2.16. The number of anilines is 2. The lowest BCUT2D eigenvalue weighted by Gasteiger charge is -2.41. The SMILES string of the molecule is CN1CCN(C[C@@H]2Cc3ccccc3CN2C(=O)c2cc3c(cc2-n2cc(C(=O)N(c4ccc(O)cc4)c4ccc5sccc5c4)c4ccccc42)OCO3)CC1. The molecule has 10 rings (SSSR count). The average molecular weight is 776 g/mol. The third kappa shape index (κ3) is 6.47. The highest BCUT2D eigenvalue weighted by Crippen LogP contribution is 2.41. The molecule has 57 heavy (non-hydrogen) atoms. The Bertz CT molecular complexity index is 2660. The third-order valence-electron chi connectivity index (χ3n) is 11.6. The molecule has 1 atom stereocenters. The number of amides is 2. The van der Waals surface area contributed by atoms with Gasteiger partial charge in [0.2, 0.25) is 6.79 Å². The van der Waals surface area contributed by atoms with E-state index in [9.17, 15) is 5.11 Å². The van der Waals surface area contributed by atoms with Crippen molar-refractivity contribution in [2.24, 2.45) is 0 Å². The molecule has 5 aromatic carbocycles. The van der Waals surface area contributed by atoms with E-state index in [1.165, 1.54) is 5.56 Å². The quantitative estimate of drug-likeness (QED) is 0.175. The van der Waals surface area contributed by atoms with Crippen LogP contribution in [0.4, 0.5) is 11.4 Å². The van der Waals surface area contributed by atoms with Crippen LogP contribution in [0.25, 0.3) is 26.7 Å². The highest BCUT2D eigenvalue weighted by molar-refractivity contribution is 7.17. The predicted octanol–water partition coefficient (Wildman–Crippen LogP) is 8.07. The van der Waals surface area contributed by atoms with Crippen LogP contribution in [0.3, 0.4) is 0 Å². The van der Waals surface area contributed by atoms with Crippen LogP contribution in [-0.4, -0.2) is 88.8 Å². The van der Waals surface area contributed by atoms with Crippen LogP contribution in [0.2, 0.25) is 0 Å². The van der Waals surface area contributed by atoms with Crippen molar-refractivity contribution in [3.8, 4) is 22.9 Å². The number of nitrogens with zero attached hydrogens (tertiary/aromatic N) is 5. The maximum Gasteiger partial charge on any atom is 0.265 e. The molecule has 5 heterocycles. The average Bonchev–Trinajstić information content (AvgIpc) is 4.00. The van der Waals surface area contributed by atoms with E-state index < -0.39 is 0 Å². The number of para-hydroxylation sites is 1. The number of hydrogen-bond donors (Lipinski definition) is 1. The summed E-state index contributed by atoms with van der Waals surface area (Å²) in [5.74, 6) is 0.820. The zero-order valence-corrected chi connectivity index (χ0v) is 32.3. The first-order valence-corrected chi connectivity index (χ1v) is 20.2. The zero-order chi connectivity index (χ0) is 38.6. The van der Waals surface area contributed by atoms with E-state index in [0.717, 1.165) is 65.7 Å². The number of benzene rings is 5. The zero-order valence-electron chi connectivity index (χ0n) is 31.5. The fourth-order valence-corrected chi connectivity index (χ4v) is 9.29. The van der Waals surface area contributed by atoms with Crippen LogP contribution in [0.15, 0.2) is 121 Å². The van der Waals surface area contributed by atoms with E-state index >= 15 is 9.59 Å². The standard InChI is InChI=1S/C46H41N5O5S/c1-47-17-19-48(20-18-47)27-35-22-30-6-2-3-7-32(30)26-49(35)45(53)38-24-42-43(56-29-55-42)25-41(38)50-28-39(37-8-4-5-9-40(37)50)46(54)51(33-10-13-36(52)14-11-33)34-12-15-44-31(23-34)16-21-57-44/h2-16,21,23-25,28,35,52H,17-20,22,26-27,29H2,1H3/t35-/m0/s1. The Morgan fingerprint density at radius 2 is 1.54 bits per heavy atom. The van der Waals surface area contributed by atoms with Gasteiger partial charge >= 0.3 is 0 Å². The lowest BCUT2D eigenvalue weighted by atomic mass is 9.92. The fourth-order valence-electron chi connectivity index (χ4n) is 8.52. The van der Waals surface area contributed by atoms with E-state index in [0.29, 0.717) is 46.2 Å². The van der Waals surface area contributed by atoms with Crippen molar-refractivity contribution in [1.29, 1.82) is 0 Å². The number of likely N-dealkylation sites (N-methyl/N-ethyl adjacent to an activating group) is 1. The van der Waals surface area contributed by atoms with Crippen molar-refractivity contribution >= 4 is 55.5 Å². The molecule has 7 aromatic rings. The van der Waals surface area contributed by atoms with Crippen LogP contribution in [-0.2, 0) is 13.0 Å². The lowest BCUT2D eigenvalue weighted by molar-refractivity contribution is 0.0535. The first kappa shape index (κ1) is 35.3. The molecule has 1 fully saturated rings. The number of hydrogen-bond acceptors (Lipinski definition) is 8. The van der Waals surface area contributed by atoms with Crippen molar-refractivity contribution in [3.63, 3.8) is 0 Å². The molecule has 0 unspecified atom stereocenters. The summed E-state index contributed by atoms with van der Waals surface area (Å²) in [5.41, 5.74) is 6.04. The van der Waals surface area contributed by atoms with E-state index in [4.69, 9.17) is 9.47 Å². The monoisotopic (exact) mass is 775 g/mol. The number of aromatic hydroxyl groups is 1. The second-order valence-electron chi connectivity index (χ2n) is 15.1. The minimum absolute atomic E-state index is 0.0351. The Hall–Kier alpha value is -6.14. The molecule has 1 saturated heterocycles. The van der Waals surface area contributed by atoms with Crippen LogP contribution in [0.1, 0.15) is 31.8 Å². The Labute approximate surface area is 334 Å². The Morgan fingerprint density at radius 3 is 2.37 bits per heavy atom. The van der Waals surface area contributed by atoms with Gasteiger partial charge in [-0.1, -0.05) is 42.5 Å². The first-order valence-electron chi connectivity index (χ1n) is 19.3. The molecule has 11 heteroatoms. The number of thiophene rings is 1. The molecule has 0 spiro atoms.